The van der Waals surface area contributed by atoms with E-state index in [1.807, 2.05) is 0 Å². The summed E-state index contributed by atoms with van der Waals surface area (Å²) in [5.74, 6) is -5.35. The fraction of sp³-hybridized carbons (Fsp3) is 0.556. The van der Waals surface area contributed by atoms with Gasteiger partial charge in [-0.1, -0.05) is 0 Å². The number of hydrogen-bond acceptors (Lipinski definition) is 7. The normalized spacial score (nSPS) is 17.0. The number of carbonyl (C=O) groups is 2. The van der Waals surface area contributed by atoms with Crippen molar-refractivity contribution in [3.63, 3.8) is 0 Å². The molecule has 28 heavy (non-hydrogen) atoms. The molecule has 1 saturated heterocycles. The zero-order valence-corrected chi connectivity index (χ0v) is 18.0. The molecule has 7 nitrogen and oxygen atoms in total. The van der Waals surface area contributed by atoms with E-state index in [2.05, 4.69) is 26.8 Å². The molecule has 1 aromatic heterocycles. The average Bonchev–Trinajstić information content (AvgIpc) is 2.66. The maximum absolute atomic E-state index is 14.0. The van der Waals surface area contributed by atoms with Crippen LogP contribution in [0.4, 0.5) is 8.78 Å². The van der Waals surface area contributed by atoms with Crippen LogP contribution in [-0.2, 0) is 9.53 Å². The molecule has 0 N–H and O–H groups in total. The highest BCUT2D eigenvalue weighted by atomic mass is 127. The number of esters is 1. The summed E-state index contributed by atoms with van der Waals surface area (Å²) in [5, 5.41) is 0. The first-order chi connectivity index (χ1) is 13.3. The van der Waals surface area contributed by atoms with E-state index in [0.717, 1.165) is 32.2 Å². The number of pyridine rings is 1. The Kier molecular flexibility index (Phi) is 8.83. The summed E-state index contributed by atoms with van der Waals surface area (Å²) < 4.78 is 32.2. The second kappa shape index (κ2) is 10.9. The Bertz CT molecular complexity index is 740. The number of carbonyl (C=O) groups excluding carboxylic acids is 2. The van der Waals surface area contributed by atoms with Gasteiger partial charge in [0.15, 0.2) is 11.7 Å². The molecule has 10 heteroatoms. The smallest absolute Gasteiger partial charge is 0.322 e. The molecule has 1 aromatic rings. The lowest BCUT2D eigenvalue weighted by atomic mass is 9.99. The Balaban J connectivity index is 2.08. The van der Waals surface area contributed by atoms with Gasteiger partial charge in [0.25, 0.3) is 0 Å². The molecule has 1 unspecified atom stereocenters. The van der Waals surface area contributed by atoms with Gasteiger partial charge >= 0.3 is 5.97 Å². The summed E-state index contributed by atoms with van der Waals surface area (Å²) in [6, 6.07) is 1.03. The number of aromatic nitrogens is 1. The predicted molar refractivity (Wildman–Crippen MR) is 109 cm³/mol. The number of likely N-dealkylation sites (N-methyl/N-ethyl adjacent to an activating group) is 1. The number of nitrogens with zero attached hydrogens (tertiary/aromatic N) is 4. The SMILES string of the molecule is CCOC(=O)C(C=NCCN1CCN(C)CC1)C(=O)c1cc(I)c(F)nc1F. The van der Waals surface area contributed by atoms with E-state index in [9.17, 15) is 18.4 Å². The molecule has 1 aliphatic rings. The Hall–Kier alpha value is -1.53. The van der Waals surface area contributed by atoms with Crippen LogP contribution in [0.25, 0.3) is 0 Å². The number of halogens is 3. The quantitative estimate of drug-likeness (QED) is 0.133. The minimum Gasteiger partial charge on any atom is -0.465 e. The van der Waals surface area contributed by atoms with Crippen molar-refractivity contribution in [2.75, 3.05) is 52.9 Å². The highest BCUT2D eigenvalue weighted by molar-refractivity contribution is 14.1. The zero-order valence-electron chi connectivity index (χ0n) is 15.8. The standard InChI is InChI=1S/C18H23F2IN4O3/c1-3-28-18(27)13(11-22-4-5-25-8-6-24(2)7-9-25)15(26)12-10-14(21)17(20)23-16(12)19/h10-11,13H,3-9H2,1-2H3. The Morgan fingerprint density at radius 1 is 1.32 bits per heavy atom. The third-order valence-corrected chi connectivity index (χ3v) is 5.13. The van der Waals surface area contributed by atoms with Gasteiger partial charge in [-0.3, -0.25) is 19.5 Å². The number of aliphatic imine (C=N–C) groups is 1. The molecule has 0 aromatic carbocycles. The molecular formula is C18H23F2IN4O3. The number of piperazine rings is 1. The zero-order chi connectivity index (χ0) is 20.7. The highest BCUT2D eigenvalue weighted by Gasteiger charge is 2.30. The molecule has 1 atom stereocenters. The van der Waals surface area contributed by atoms with E-state index < -0.39 is 35.1 Å². The maximum Gasteiger partial charge on any atom is 0.322 e. The predicted octanol–water partition coefficient (Wildman–Crippen LogP) is 1.64. The van der Waals surface area contributed by atoms with Gasteiger partial charge in [0.1, 0.15) is 0 Å². The van der Waals surface area contributed by atoms with Crippen LogP contribution in [0.5, 0.6) is 0 Å². The summed E-state index contributed by atoms with van der Waals surface area (Å²) >= 11 is 1.60. The maximum atomic E-state index is 14.0. The molecule has 154 valence electrons. The molecular weight excluding hydrogens is 485 g/mol. The van der Waals surface area contributed by atoms with Crippen molar-refractivity contribution in [2.45, 2.75) is 6.92 Å². The van der Waals surface area contributed by atoms with E-state index in [1.165, 1.54) is 6.21 Å². The van der Waals surface area contributed by atoms with Crippen LogP contribution in [0.1, 0.15) is 17.3 Å². The van der Waals surface area contributed by atoms with Crippen LogP contribution < -0.4 is 0 Å². The summed E-state index contributed by atoms with van der Waals surface area (Å²) in [6.45, 7) is 6.57. The van der Waals surface area contributed by atoms with Gasteiger partial charge in [0.05, 0.1) is 22.3 Å². The van der Waals surface area contributed by atoms with Gasteiger partial charge in [-0.2, -0.15) is 13.8 Å². The van der Waals surface area contributed by atoms with Gasteiger partial charge in [0, 0.05) is 38.9 Å². The largest absolute Gasteiger partial charge is 0.465 e. The van der Waals surface area contributed by atoms with E-state index >= 15 is 0 Å². The van der Waals surface area contributed by atoms with Crippen molar-refractivity contribution >= 4 is 40.6 Å². The Morgan fingerprint density at radius 3 is 2.64 bits per heavy atom. The van der Waals surface area contributed by atoms with Crippen molar-refractivity contribution in [3.8, 4) is 0 Å². The molecule has 0 bridgehead atoms. The number of Topliss-reactive ketones (excluding diaryl/α,β-unsaturated/α-hetero) is 1. The molecule has 1 aliphatic heterocycles. The lowest BCUT2D eigenvalue weighted by Crippen LogP contribution is -2.45. The van der Waals surface area contributed by atoms with E-state index in [4.69, 9.17) is 4.74 Å². The van der Waals surface area contributed by atoms with Gasteiger partial charge in [0.2, 0.25) is 11.9 Å². The summed E-state index contributed by atoms with van der Waals surface area (Å²) in [5.41, 5.74) is -0.464. The van der Waals surface area contributed by atoms with Gasteiger partial charge in [-0.25, -0.2) is 0 Å². The Morgan fingerprint density at radius 2 is 2.00 bits per heavy atom. The molecule has 2 rings (SSSR count). The van der Waals surface area contributed by atoms with E-state index in [0.29, 0.717) is 13.1 Å². The molecule has 0 saturated carbocycles. The molecule has 1 fully saturated rings. The third kappa shape index (κ3) is 6.24. The third-order valence-electron chi connectivity index (χ3n) is 4.37. The molecule has 0 radical (unpaired) electrons. The van der Waals surface area contributed by atoms with Crippen LogP contribution >= 0.6 is 22.6 Å². The van der Waals surface area contributed by atoms with E-state index in [1.54, 1.807) is 29.5 Å². The van der Waals surface area contributed by atoms with Crippen LogP contribution in [0.2, 0.25) is 0 Å². The van der Waals surface area contributed by atoms with Crippen molar-refractivity contribution in [1.29, 1.82) is 0 Å². The number of ketones is 1. The minimum absolute atomic E-state index is 0.0167. The van der Waals surface area contributed by atoms with Crippen LogP contribution in [-0.4, -0.2) is 85.7 Å². The lowest BCUT2D eigenvalue weighted by molar-refractivity contribution is -0.143. The second-order valence-corrected chi connectivity index (χ2v) is 7.56. The average molecular weight is 508 g/mol. The molecule has 0 amide bonds. The van der Waals surface area contributed by atoms with Crippen LogP contribution in [0, 0.1) is 21.4 Å². The summed E-state index contributed by atoms with van der Waals surface area (Å²) in [7, 11) is 2.07. The first-order valence-corrected chi connectivity index (χ1v) is 10.0. The lowest BCUT2D eigenvalue weighted by Gasteiger charge is -2.31. The fourth-order valence-electron chi connectivity index (χ4n) is 2.70. The van der Waals surface area contributed by atoms with Crippen molar-refractivity contribution < 1.29 is 23.1 Å². The minimum atomic E-state index is -1.40. The van der Waals surface area contributed by atoms with Crippen LogP contribution in [0.3, 0.4) is 0 Å². The first-order valence-electron chi connectivity index (χ1n) is 8.96. The summed E-state index contributed by atoms with van der Waals surface area (Å²) in [6.07, 6.45) is 1.19. The number of ether oxygens (including phenoxy) is 1. The summed E-state index contributed by atoms with van der Waals surface area (Å²) in [4.78, 5) is 36.6. The first kappa shape index (κ1) is 22.8. The second-order valence-electron chi connectivity index (χ2n) is 6.39. The monoisotopic (exact) mass is 508 g/mol. The van der Waals surface area contributed by atoms with Gasteiger partial charge < -0.3 is 9.64 Å². The Labute approximate surface area is 176 Å². The highest BCUT2D eigenvalue weighted by Crippen LogP contribution is 2.17. The van der Waals surface area contributed by atoms with Gasteiger partial charge in [-0.15, -0.1) is 0 Å². The van der Waals surface area contributed by atoms with E-state index in [-0.39, 0.29) is 10.2 Å². The number of rotatable bonds is 8. The van der Waals surface area contributed by atoms with Crippen molar-refractivity contribution in [1.82, 2.24) is 14.8 Å². The van der Waals surface area contributed by atoms with Crippen LogP contribution in [0.15, 0.2) is 11.1 Å². The van der Waals surface area contributed by atoms with Gasteiger partial charge in [-0.05, 0) is 42.6 Å². The van der Waals surface area contributed by atoms with Crippen molar-refractivity contribution in [2.24, 2.45) is 10.9 Å². The topological polar surface area (TPSA) is 75.1 Å². The fourth-order valence-corrected chi connectivity index (χ4v) is 3.14. The molecule has 0 spiro atoms. The molecule has 2 heterocycles. The number of hydrogen-bond donors (Lipinski definition) is 0. The molecule has 0 aliphatic carbocycles. The van der Waals surface area contributed by atoms with Crippen molar-refractivity contribution in [3.05, 3.63) is 27.1 Å².